The van der Waals surface area contributed by atoms with Gasteiger partial charge in [0.15, 0.2) is 0 Å². The van der Waals surface area contributed by atoms with Crippen molar-refractivity contribution in [2.24, 2.45) is 0 Å². The van der Waals surface area contributed by atoms with Gasteiger partial charge in [-0.1, -0.05) is 6.07 Å². The fraction of sp³-hybridized carbons (Fsp3) is 0.333. The molecule has 1 N–H and O–H groups in total. The monoisotopic (exact) mass is 293 g/mol. The number of benzene rings is 1. The third kappa shape index (κ3) is 3.94. The number of carbonyl (C=O) groups excluding carboxylic acids is 2. The van der Waals surface area contributed by atoms with Crippen molar-refractivity contribution in [3.63, 3.8) is 0 Å². The first-order valence-corrected chi connectivity index (χ1v) is 5.48. The predicted octanol–water partition coefficient (Wildman–Crippen LogP) is 2.14. The Labute approximate surface area is 111 Å². The topological polar surface area (TPSA) is 55.4 Å². The molecule has 0 saturated carbocycles. The minimum atomic E-state index is -4.88. The highest BCUT2D eigenvalue weighted by molar-refractivity contribution is 5.94. The van der Waals surface area contributed by atoms with Gasteiger partial charge in [-0.05, 0) is 12.1 Å². The number of nitrogens with one attached hydrogen (secondary N) is 1. The van der Waals surface area contributed by atoms with Gasteiger partial charge in [0.25, 0.3) is 5.91 Å². The predicted molar refractivity (Wildman–Crippen MR) is 60.4 cm³/mol. The normalized spacial score (nSPS) is 11.1. The first kappa shape index (κ1) is 15.9. The van der Waals surface area contributed by atoms with Gasteiger partial charge >= 0.3 is 12.1 Å². The Balaban J connectivity index is 2.82. The third-order valence-corrected chi connectivity index (χ3v) is 2.39. The van der Waals surface area contributed by atoms with E-state index in [1.165, 1.54) is 0 Å². The zero-order valence-corrected chi connectivity index (χ0v) is 10.4. The second-order valence-electron chi connectivity index (χ2n) is 3.75. The van der Waals surface area contributed by atoms with Crippen LogP contribution in [0.3, 0.4) is 0 Å². The van der Waals surface area contributed by atoms with Crippen molar-refractivity contribution in [2.75, 3.05) is 13.7 Å². The number of hydrogen-bond acceptors (Lipinski definition) is 3. The Morgan fingerprint density at radius 1 is 1.30 bits per heavy atom. The number of esters is 1. The number of ether oxygens (including phenoxy) is 1. The van der Waals surface area contributed by atoms with Gasteiger partial charge in [-0.2, -0.15) is 13.2 Å². The molecule has 1 aromatic rings. The number of methoxy groups -OCH3 is 1. The first-order valence-electron chi connectivity index (χ1n) is 5.48. The summed E-state index contributed by atoms with van der Waals surface area (Å²) in [4.78, 5) is 22.3. The van der Waals surface area contributed by atoms with Gasteiger partial charge in [-0.25, -0.2) is 4.39 Å². The van der Waals surface area contributed by atoms with E-state index >= 15 is 0 Å². The highest BCUT2D eigenvalue weighted by Crippen LogP contribution is 2.32. The van der Waals surface area contributed by atoms with Crippen molar-refractivity contribution in [1.82, 2.24) is 5.32 Å². The zero-order chi connectivity index (χ0) is 15.3. The van der Waals surface area contributed by atoms with Crippen molar-refractivity contribution in [1.29, 1.82) is 0 Å². The number of carbonyl (C=O) groups is 2. The molecule has 0 aliphatic carbocycles. The Hall–Kier alpha value is -2.12. The molecule has 0 radical (unpaired) electrons. The fourth-order valence-corrected chi connectivity index (χ4v) is 1.40. The van der Waals surface area contributed by atoms with Crippen LogP contribution in [-0.2, 0) is 15.7 Å². The van der Waals surface area contributed by atoms with E-state index in [2.05, 4.69) is 10.1 Å². The van der Waals surface area contributed by atoms with E-state index in [9.17, 15) is 27.2 Å². The molecule has 0 spiro atoms. The largest absolute Gasteiger partial charge is 0.469 e. The molecule has 1 amide bonds. The molecule has 0 atom stereocenters. The summed E-state index contributed by atoms with van der Waals surface area (Å²) >= 11 is 0. The second kappa shape index (κ2) is 6.36. The lowest BCUT2D eigenvalue weighted by Crippen LogP contribution is -2.28. The molecule has 4 nitrogen and oxygen atoms in total. The molecular weight excluding hydrogens is 282 g/mol. The lowest BCUT2D eigenvalue weighted by atomic mass is 10.1. The van der Waals surface area contributed by atoms with Crippen LogP contribution in [0.15, 0.2) is 18.2 Å². The molecule has 110 valence electrons. The first-order chi connectivity index (χ1) is 9.27. The van der Waals surface area contributed by atoms with Crippen molar-refractivity contribution in [3.05, 3.63) is 35.1 Å². The van der Waals surface area contributed by atoms with Gasteiger partial charge in [-0.3, -0.25) is 9.59 Å². The second-order valence-corrected chi connectivity index (χ2v) is 3.75. The molecule has 8 heteroatoms. The number of halogens is 4. The number of alkyl halides is 3. The summed E-state index contributed by atoms with van der Waals surface area (Å²) < 4.78 is 55.3. The maximum atomic E-state index is 13.6. The Kier molecular flexibility index (Phi) is 5.06. The highest BCUT2D eigenvalue weighted by atomic mass is 19.4. The summed E-state index contributed by atoms with van der Waals surface area (Å²) in [6.07, 6.45) is -5.05. The molecule has 0 heterocycles. The standard InChI is InChI=1S/C12H11F4NO3/c1-20-9(18)5-6-17-11(19)7-3-2-4-8(10(7)13)12(14,15)16/h2-4H,5-6H2,1H3,(H,17,19). The number of rotatable bonds is 4. The molecular formula is C12H11F4NO3. The van der Waals surface area contributed by atoms with Crippen LogP contribution in [0.5, 0.6) is 0 Å². The van der Waals surface area contributed by atoms with Crippen molar-refractivity contribution in [3.8, 4) is 0 Å². The maximum absolute atomic E-state index is 13.6. The molecule has 0 aromatic heterocycles. The average Bonchev–Trinajstić information content (AvgIpc) is 2.37. The summed E-state index contributed by atoms with van der Waals surface area (Å²) in [7, 11) is 1.15. The van der Waals surface area contributed by atoms with Gasteiger partial charge in [0.1, 0.15) is 5.82 Å². The zero-order valence-electron chi connectivity index (χ0n) is 10.4. The lowest BCUT2D eigenvalue weighted by molar-refractivity contribution is -0.141. The Morgan fingerprint density at radius 2 is 1.95 bits per heavy atom. The van der Waals surface area contributed by atoms with E-state index in [4.69, 9.17) is 0 Å². The van der Waals surface area contributed by atoms with Crippen LogP contribution in [0.1, 0.15) is 22.3 Å². The van der Waals surface area contributed by atoms with E-state index in [0.717, 1.165) is 19.2 Å². The van der Waals surface area contributed by atoms with Crippen LogP contribution in [0, 0.1) is 5.82 Å². The van der Waals surface area contributed by atoms with Gasteiger partial charge < -0.3 is 10.1 Å². The number of hydrogen-bond donors (Lipinski definition) is 1. The van der Waals surface area contributed by atoms with E-state index in [1.807, 2.05) is 0 Å². The minimum Gasteiger partial charge on any atom is -0.469 e. The molecule has 1 aromatic carbocycles. The molecule has 0 fully saturated rings. The molecule has 0 aliphatic rings. The minimum absolute atomic E-state index is 0.164. The van der Waals surface area contributed by atoms with E-state index < -0.39 is 35.0 Å². The van der Waals surface area contributed by atoms with E-state index in [1.54, 1.807) is 0 Å². The van der Waals surface area contributed by atoms with Crippen molar-refractivity contribution in [2.45, 2.75) is 12.6 Å². The summed E-state index contributed by atoms with van der Waals surface area (Å²) in [6, 6.07) is 2.40. The average molecular weight is 293 g/mol. The summed E-state index contributed by atoms with van der Waals surface area (Å²) in [5, 5.41) is 2.14. The molecule has 1 rings (SSSR count). The van der Waals surface area contributed by atoms with E-state index in [-0.39, 0.29) is 13.0 Å². The Bertz CT molecular complexity index is 514. The van der Waals surface area contributed by atoms with Gasteiger partial charge in [0, 0.05) is 6.54 Å². The van der Waals surface area contributed by atoms with Gasteiger partial charge in [-0.15, -0.1) is 0 Å². The summed E-state index contributed by atoms with van der Waals surface area (Å²) in [5.74, 6) is -3.28. The smallest absolute Gasteiger partial charge is 0.419 e. The van der Waals surface area contributed by atoms with Crippen LogP contribution in [0.25, 0.3) is 0 Å². The summed E-state index contributed by atoms with van der Waals surface area (Å²) in [6.45, 7) is -0.165. The molecule has 20 heavy (non-hydrogen) atoms. The SMILES string of the molecule is COC(=O)CCNC(=O)c1cccc(C(F)(F)F)c1F. The van der Waals surface area contributed by atoms with Gasteiger partial charge in [0.2, 0.25) is 0 Å². The molecule has 0 saturated heterocycles. The van der Waals surface area contributed by atoms with Crippen LogP contribution in [-0.4, -0.2) is 25.5 Å². The van der Waals surface area contributed by atoms with Crippen LogP contribution in [0.4, 0.5) is 17.6 Å². The maximum Gasteiger partial charge on any atom is 0.419 e. The quantitative estimate of drug-likeness (QED) is 0.683. The summed E-state index contributed by atoms with van der Waals surface area (Å²) in [5.41, 5.74) is -2.25. The molecule has 0 bridgehead atoms. The third-order valence-electron chi connectivity index (χ3n) is 2.39. The molecule has 0 aliphatic heterocycles. The van der Waals surface area contributed by atoms with Crippen molar-refractivity contribution < 1.29 is 31.9 Å². The fourth-order valence-electron chi connectivity index (χ4n) is 1.40. The van der Waals surface area contributed by atoms with Gasteiger partial charge in [0.05, 0.1) is 24.7 Å². The van der Waals surface area contributed by atoms with Crippen LogP contribution >= 0.6 is 0 Å². The highest BCUT2D eigenvalue weighted by Gasteiger charge is 2.35. The van der Waals surface area contributed by atoms with Crippen LogP contribution in [0.2, 0.25) is 0 Å². The van der Waals surface area contributed by atoms with Crippen LogP contribution < -0.4 is 5.32 Å². The Morgan fingerprint density at radius 3 is 2.50 bits per heavy atom. The lowest BCUT2D eigenvalue weighted by Gasteiger charge is -2.11. The van der Waals surface area contributed by atoms with Crippen molar-refractivity contribution >= 4 is 11.9 Å². The molecule has 0 unspecified atom stereocenters. The van der Waals surface area contributed by atoms with E-state index in [0.29, 0.717) is 6.07 Å². The number of amides is 1.